The summed E-state index contributed by atoms with van der Waals surface area (Å²) in [6.07, 6.45) is 3.02. The number of hydrogen-bond donors (Lipinski definition) is 1. The average molecular weight is 286 g/mol. The average Bonchev–Trinajstić information content (AvgIpc) is 2.95. The van der Waals surface area contributed by atoms with Crippen molar-refractivity contribution in [3.63, 3.8) is 0 Å². The molecule has 0 saturated carbocycles. The molecule has 5 nitrogen and oxygen atoms in total. The highest BCUT2D eigenvalue weighted by atomic mass is 16.7. The van der Waals surface area contributed by atoms with Crippen LogP contribution in [0.4, 0.5) is 0 Å². The van der Waals surface area contributed by atoms with Crippen LogP contribution in [-0.2, 0) is 6.54 Å². The van der Waals surface area contributed by atoms with Gasteiger partial charge in [0.1, 0.15) is 0 Å². The van der Waals surface area contributed by atoms with Crippen LogP contribution in [-0.4, -0.2) is 35.4 Å². The lowest BCUT2D eigenvalue weighted by Gasteiger charge is -2.20. The Labute approximate surface area is 123 Å². The molecule has 0 bridgehead atoms. The fourth-order valence-electron chi connectivity index (χ4n) is 2.39. The maximum atomic E-state index is 10.3. The number of aromatic nitrogens is 1. The van der Waals surface area contributed by atoms with Crippen LogP contribution in [0.1, 0.15) is 17.2 Å². The van der Waals surface area contributed by atoms with E-state index in [2.05, 4.69) is 9.88 Å². The van der Waals surface area contributed by atoms with Crippen LogP contribution in [0.5, 0.6) is 11.5 Å². The van der Waals surface area contributed by atoms with Gasteiger partial charge < -0.3 is 14.6 Å². The van der Waals surface area contributed by atoms with E-state index in [9.17, 15) is 5.11 Å². The van der Waals surface area contributed by atoms with Gasteiger partial charge in [-0.1, -0.05) is 12.1 Å². The molecule has 1 aliphatic heterocycles. The normalized spacial score (nSPS) is 14.4. The number of rotatable bonds is 5. The molecule has 0 fully saturated rings. The quantitative estimate of drug-likeness (QED) is 0.911. The van der Waals surface area contributed by atoms with Crippen molar-refractivity contribution in [1.82, 2.24) is 9.88 Å². The molecule has 0 aliphatic carbocycles. The van der Waals surface area contributed by atoms with Crippen LogP contribution in [0.25, 0.3) is 0 Å². The van der Waals surface area contributed by atoms with E-state index in [1.165, 1.54) is 0 Å². The molecule has 0 amide bonds. The number of pyridine rings is 1. The Morgan fingerprint density at radius 1 is 1.29 bits per heavy atom. The van der Waals surface area contributed by atoms with Crippen molar-refractivity contribution in [3.05, 3.63) is 53.9 Å². The summed E-state index contributed by atoms with van der Waals surface area (Å²) < 4.78 is 10.6. The molecular formula is C16H18N2O3. The number of hydrogen-bond acceptors (Lipinski definition) is 5. The Balaban J connectivity index is 1.62. The summed E-state index contributed by atoms with van der Waals surface area (Å²) in [5.74, 6) is 1.43. The van der Waals surface area contributed by atoms with Gasteiger partial charge in [0.2, 0.25) is 6.79 Å². The van der Waals surface area contributed by atoms with Gasteiger partial charge in [-0.05, 0) is 36.4 Å². The number of ether oxygens (including phenoxy) is 2. The molecule has 1 aliphatic rings. The Kier molecular flexibility index (Phi) is 4.03. The predicted octanol–water partition coefficient (Wildman–Crippen LogP) is 1.98. The summed E-state index contributed by atoms with van der Waals surface area (Å²) in [5, 5.41) is 10.3. The second kappa shape index (κ2) is 6.11. The van der Waals surface area contributed by atoms with Crippen molar-refractivity contribution in [3.8, 4) is 11.5 Å². The third kappa shape index (κ3) is 3.32. The topological polar surface area (TPSA) is 54.8 Å². The van der Waals surface area contributed by atoms with Crippen LogP contribution in [0.3, 0.4) is 0 Å². The first-order valence-corrected chi connectivity index (χ1v) is 6.87. The van der Waals surface area contributed by atoms with E-state index in [1.807, 2.05) is 43.6 Å². The van der Waals surface area contributed by atoms with E-state index in [-0.39, 0.29) is 6.79 Å². The summed E-state index contributed by atoms with van der Waals surface area (Å²) in [5.41, 5.74) is 1.95. The third-order valence-electron chi connectivity index (χ3n) is 3.44. The summed E-state index contributed by atoms with van der Waals surface area (Å²) >= 11 is 0. The Bertz CT molecular complexity index is 604. The standard InChI is InChI=1S/C16H18N2O3/c1-18(9-12-3-2-6-17-8-12)10-14(19)13-4-5-15-16(7-13)21-11-20-15/h2-8,14,19H,9-11H2,1H3. The van der Waals surface area contributed by atoms with E-state index < -0.39 is 6.10 Å². The van der Waals surface area contributed by atoms with E-state index in [1.54, 1.807) is 6.20 Å². The van der Waals surface area contributed by atoms with Crippen molar-refractivity contribution in [2.24, 2.45) is 0 Å². The highest BCUT2D eigenvalue weighted by Crippen LogP contribution is 2.34. The zero-order valence-corrected chi connectivity index (χ0v) is 11.9. The molecule has 110 valence electrons. The van der Waals surface area contributed by atoms with Gasteiger partial charge in [0, 0.05) is 25.5 Å². The first-order chi connectivity index (χ1) is 10.2. The van der Waals surface area contributed by atoms with Gasteiger partial charge in [-0.3, -0.25) is 9.88 Å². The Morgan fingerprint density at radius 3 is 2.95 bits per heavy atom. The van der Waals surface area contributed by atoms with Crippen LogP contribution in [0.2, 0.25) is 0 Å². The second-order valence-corrected chi connectivity index (χ2v) is 5.19. The largest absolute Gasteiger partial charge is 0.454 e. The number of aliphatic hydroxyl groups is 1. The molecule has 3 rings (SSSR count). The summed E-state index contributed by atoms with van der Waals surface area (Å²) in [6, 6.07) is 9.48. The molecule has 2 heterocycles. The summed E-state index contributed by atoms with van der Waals surface area (Å²) in [7, 11) is 1.98. The third-order valence-corrected chi connectivity index (χ3v) is 3.44. The molecular weight excluding hydrogens is 268 g/mol. The monoisotopic (exact) mass is 286 g/mol. The molecule has 0 saturated heterocycles. The molecule has 1 atom stereocenters. The fourth-order valence-corrected chi connectivity index (χ4v) is 2.39. The summed E-state index contributed by atoms with van der Waals surface area (Å²) in [6.45, 7) is 1.53. The second-order valence-electron chi connectivity index (χ2n) is 5.19. The number of benzene rings is 1. The molecule has 1 unspecified atom stereocenters. The molecule has 5 heteroatoms. The number of nitrogens with zero attached hydrogens (tertiary/aromatic N) is 2. The van der Waals surface area contributed by atoms with Gasteiger partial charge in [0.15, 0.2) is 11.5 Å². The van der Waals surface area contributed by atoms with Crippen molar-refractivity contribution < 1.29 is 14.6 Å². The van der Waals surface area contributed by atoms with Crippen LogP contribution in [0.15, 0.2) is 42.7 Å². The van der Waals surface area contributed by atoms with Crippen molar-refractivity contribution in [2.75, 3.05) is 20.4 Å². The van der Waals surface area contributed by atoms with E-state index in [4.69, 9.17) is 9.47 Å². The molecule has 1 N–H and O–H groups in total. The molecule has 2 aromatic rings. The smallest absolute Gasteiger partial charge is 0.231 e. The SMILES string of the molecule is CN(Cc1cccnc1)CC(O)c1ccc2c(c1)OCO2. The Morgan fingerprint density at radius 2 is 2.14 bits per heavy atom. The fraction of sp³-hybridized carbons (Fsp3) is 0.312. The van der Waals surface area contributed by atoms with Gasteiger partial charge in [-0.25, -0.2) is 0 Å². The van der Waals surface area contributed by atoms with Crippen molar-refractivity contribution >= 4 is 0 Å². The lowest BCUT2D eigenvalue weighted by Crippen LogP contribution is -2.24. The maximum absolute atomic E-state index is 10.3. The summed E-state index contributed by atoms with van der Waals surface area (Å²) in [4.78, 5) is 6.16. The van der Waals surface area contributed by atoms with Crippen molar-refractivity contribution in [1.29, 1.82) is 0 Å². The molecule has 0 spiro atoms. The number of fused-ring (bicyclic) bond motifs is 1. The van der Waals surface area contributed by atoms with E-state index >= 15 is 0 Å². The number of aliphatic hydroxyl groups excluding tert-OH is 1. The Hall–Kier alpha value is -2.11. The first-order valence-electron chi connectivity index (χ1n) is 6.87. The minimum atomic E-state index is -0.568. The number of likely N-dealkylation sites (N-methyl/N-ethyl adjacent to an activating group) is 1. The zero-order valence-electron chi connectivity index (χ0n) is 11.9. The molecule has 1 aromatic heterocycles. The first kappa shape index (κ1) is 13.9. The minimum absolute atomic E-state index is 0.246. The lowest BCUT2D eigenvalue weighted by molar-refractivity contribution is 0.123. The molecule has 21 heavy (non-hydrogen) atoms. The maximum Gasteiger partial charge on any atom is 0.231 e. The minimum Gasteiger partial charge on any atom is -0.454 e. The highest BCUT2D eigenvalue weighted by molar-refractivity contribution is 5.45. The lowest BCUT2D eigenvalue weighted by atomic mass is 10.1. The van der Waals surface area contributed by atoms with Gasteiger partial charge >= 0.3 is 0 Å². The van der Waals surface area contributed by atoms with Crippen LogP contribution in [0, 0.1) is 0 Å². The molecule has 1 aromatic carbocycles. The van der Waals surface area contributed by atoms with Gasteiger partial charge in [-0.15, -0.1) is 0 Å². The van der Waals surface area contributed by atoms with Gasteiger partial charge in [0.25, 0.3) is 0 Å². The predicted molar refractivity (Wildman–Crippen MR) is 78.1 cm³/mol. The van der Waals surface area contributed by atoms with Crippen LogP contribution >= 0.6 is 0 Å². The van der Waals surface area contributed by atoms with E-state index in [0.29, 0.717) is 12.3 Å². The van der Waals surface area contributed by atoms with Gasteiger partial charge in [-0.2, -0.15) is 0 Å². The van der Waals surface area contributed by atoms with Crippen LogP contribution < -0.4 is 9.47 Å². The van der Waals surface area contributed by atoms with Crippen molar-refractivity contribution in [2.45, 2.75) is 12.6 Å². The highest BCUT2D eigenvalue weighted by Gasteiger charge is 2.17. The van der Waals surface area contributed by atoms with Gasteiger partial charge in [0.05, 0.1) is 6.10 Å². The van der Waals surface area contributed by atoms with E-state index in [0.717, 1.165) is 23.4 Å². The molecule has 0 radical (unpaired) electrons. The zero-order chi connectivity index (χ0) is 14.7.